The first-order chi connectivity index (χ1) is 14.5. The molecule has 2 N–H and O–H groups in total. The molecule has 0 radical (unpaired) electrons. The molecule has 0 saturated carbocycles. The number of guanidine groups is 1. The maximum Gasteiger partial charge on any atom is 0.191 e. The fraction of sp³-hybridized carbons (Fsp3) is 0.591. The molecule has 0 bridgehead atoms. The summed E-state index contributed by atoms with van der Waals surface area (Å²) in [6.45, 7) is 11.0. The Labute approximate surface area is 179 Å². The molecular formula is C22H34N6O2. The average Bonchev–Trinajstić information content (AvgIpc) is 3.16. The van der Waals surface area contributed by atoms with Crippen LogP contribution in [0.2, 0.25) is 0 Å². The van der Waals surface area contributed by atoms with Crippen molar-refractivity contribution in [3.63, 3.8) is 0 Å². The molecule has 3 rings (SSSR count). The maximum absolute atomic E-state index is 5.68. The summed E-state index contributed by atoms with van der Waals surface area (Å²) in [7, 11) is 1.65. The number of aliphatic imine (C=N–C) groups is 1. The molecule has 0 fully saturated rings. The minimum absolute atomic E-state index is 0.270. The van der Waals surface area contributed by atoms with E-state index < -0.39 is 0 Å². The zero-order valence-electron chi connectivity index (χ0n) is 18.7. The van der Waals surface area contributed by atoms with Gasteiger partial charge in [-0.2, -0.15) is 5.10 Å². The van der Waals surface area contributed by atoms with Crippen LogP contribution >= 0.6 is 0 Å². The van der Waals surface area contributed by atoms with E-state index in [0.29, 0.717) is 19.1 Å². The molecule has 1 atom stereocenters. The fourth-order valence-corrected chi connectivity index (χ4v) is 3.46. The summed E-state index contributed by atoms with van der Waals surface area (Å²) in [6, 6.07) is 6.21. The van der Waals surface area contributed by atoms with E-state index in [2.05, 4.69) is 41.5 Å². The van der Waals surface area contributed by atoms with Crippen LogP contribution in [0.3, 0.4) is 0 Å². The van der Waals surface area contributed by atoms with Gasteiger partial charge in [-0.25, -0.2) is 14.7 Å². The van der Waals surface area contributed by atoms with Crippen molar-refractivity contribution >= 4 is 5.96 Å². The van der Waals surface area contributed by atoms with Gasteiger partial charge in [0.25, 0.3) is 0 Å². The highest BCUT2D eigenvalue weighted by atomic mass is 16.5. The van der Waals surface area contributed by atoms with Crippen LogP contribution in [-0.2, 0) is 19.5 Å². The van der Waals surface area contributed by atoms with Crippen molar-refractivity contribution in [3.05, 3.63) is 35.4 Å². The molecular weight excluding hydrogens is 380 g/mol. The molecule has 1 aromatic carbocycles. The van der Waals surface area contributed by atoms with Crippen molar-refractivity contribution in [2.45, 2.75) is 65.6 Å². The maximum atomic E-state index is 5.68. The molecule has 1 aromatic heterocycles. The SMILES string of the molecule is CCNC(=NCc1ccc(OC)c(OCC)c1)NC1CCc2nc(C(C)C)nn2C1. The van der Waals surface area contributed by atoms with Gasteiger partial charge in [-0.3, -0.25) is 0 Å². The van der Waals surface area contributed by atoms with Crippen LogP contribution in [0.5, 0.6) is 11.5 Å². The molecule has 0 aliphatic carbocycles. The Bertz CT molecular complexity index is 861. The van der Waals surface area contributed by atoms with Crippen LogP contribution in [0.1, 0.15) is 57.2 Å². The summed E-state index contributed by atoms with van der Waals surface area (Å²) in [4.78, 5) is 9.45. The van der Waals surface area contributed by atoms with Crippen LogP contribution in [0.15, 0.2) is 23.2 Å². The quantitative estimate of drug-likeness (QED) is 0.510. The second kappa shape index (κ2) is 10.3. The van der Waals surface area contributed by atoms with Crippen LogP contribution in [0, 0.1) is 0 Å². The first kappa shape index (κ1) is 21.9. The number of nitrogens with zero attached hydrogens (tertiary/aromatic N) is 4. The van der Waals surface area contributed by atoms with Crippen molar-refractivity contribution in [2.75, 3.05) is 20.3 Å². The summed E-state index contributed by atoms with van der Waals surface area (Å²) in [6.07, 6.45) is 1.94. The van der Waals surface area contributed by atoms with Crippen molar-refractivity contribution in [3.8, 4) is 11.5 Å². The highest BCUT2D eigenvalue weighted by Crippen LogP contribution is 2.28. The first-order valence-electron chi connectivity index (χ1n) is 10.8. The van der Waals surface area contributed by atoms with Crippen molar-refractivity contribution < 1.29 is 9.47 Å². The normalized spacial score (nSPS) is 16.3. The third-order valence-electron chi connectivity index (χ3n) is 5.02. The number of nitrogens with one attached hydrogen (secondary N) is 2. The molecule has 8 heteroatoms. The van der Waals surface area contributed by atoms with E-state index in [0.717, 1.165) is 60.6 Å². The molecule has 30 heavy (non-hydrogen) atoms. The van der Waals surface area contributed by atoms with Crippen LogP contribution in [0.25, 0.3) is 0 Å². The lowest BCUT2D eigenvalue weighted by molar-refractivity contribution is 0.310. The number of methoxy groups -OCH3 is 1. The van der Waals surface area contributed by atoms with Gasteiger partial charge in [-0.15, -0.1) is 0 Å². The number of benzene rings is 1. The minimum Gasteiger partial charge on any atom is -0.493 e. The summed E-state index contributed by atoms with van der Waals surface area (Å²) < 4.78 is 13.1. The number of hydrogen-bond donors (Lipinski definition) is 2. The van der Waals surface area contributed by atoms with E-state index in [1.807, 2.05) is 29.8 Å². The molecule has 1 aliphatic rings. The number of aromatic nitrogens is 3. The summed E-state index contributed by atoms with van der Waals surface area (Å²) in [5.41, 5.74) is 1.07. The summed E-state index contributed by atoms with van der Waals surface area (Å²) in [5, 5.41) is 11.6. The second-order valence-electron chi connectivity index (χ2n) is 7.72. The van der Waals surface area contributed by atoms with Crippen LogP contribution in [0.4, 0.5) is 0 Å². The smallest absolute Gasteiger partial charge is 0.191 e. The number of ether oxygens (including phenoxy) is 2. The van der Waals surface area contributed by atoms with E-state index in [1.54, 1.807) is 7.11 Å². The van der Waals surface area contributed by atoms with Crippen molar-refractivity contribution in [1.82, 2.24) is 25.4 Å². The predicted octanol–water partition coefficient (Wildman–Crippen LogP) is 2.88. The molecule has 2 heterocycles. The van der Waals surface area contributed by atoms with Gasteiger partial charge in [0.1, 0.15) is 5.82 Å². The van der Waals surface area contributed by atoms with Gasteiger partial charge in [0.05, 0.1) is 26.8 Å². The van der Waals surface area contributed by atoms with Gasteiger partial charge in [-0.05, 0) is 38.0 Å². The van der Waals surface area contributed by atoms with Crippen LogP contribution < -0.4 is 20.1 Å². The molecule has 8 nitrogen and oxygen atoms in total. The van der Waals surface area contributed by atoms with Crippen LogP contribution in [-0.4, -0.2) is 47.0 Å². The lowest BCUT2D eigenvalue weighted by Crippen LogP contribution is -2.47. The van der Waals surface area contributed by atoms with E-state index >= 15 is 0 Å². The largest absolute Gasteiger partial charge is 0.493 e. The molecule has 0 saturated heterocycles. The van der Waals surface area contributed by atoms with Gasteiger partial charge >= 0.3 is 0 Å². The zero-order chi connectivity index (χ0) is 21.5. The third kappa shape index (κ3) is 5.43. The Morgan fingerprint density at radius 3 is 2.83 bits per heavy atom. The topological polar surface area (TPSA) is 85.6 Å². The van der Waals surface area contributed by atoms with Gasteiger partial charge in [-0.1, -0.05) is 19.9 Å². The summed E-state index contributed by atoms with van der Waals surface area (Å²) in [5.74, 6) is 4.65. The molecule has 0 spiro atoms. The molecule has 1 unspecified atom stereocenters. The van der Waals surface area contributed by atoms with Gasteiger partial charge in [0.15, 0.2) is 23.3 Å². The monoisotopic (exact) mass is 414 g/mol. The lowest BCUT2D eigenvalue weighted by atomic mass is 10.1. The Morgan fingerprint density at radius 2 is 2.13 bits per heavy atom. The van der Waals surface area contributed by atoms with Crippen molar-refractivity contribution in [2.24, 2.45) is 4.99 Å². The average molecular weight is 415 g/mol. The number of aryl methyl sites for hydroxylation is 1. The standard InChI is InChI=1S/C22H34N6O2/c1-6-23-22(24-13-16-8-10-18(29-5)19(12-16)30-7-2)25-17-9-11-20-26-21(15(3)4)27-28(20)14-17/h8,10,12,15,17H,6-7,9,11,13-14H2,1-5H3,(H2,23,24,25). The van der Waals surface area contributed by atoms with E-state index in [4.69, 9.17) is 14.5 Å². The number of rotatable bonds is 8. The number of fused-ring (bicyclic) bond motifs is 1. The Hall–Kier alpha value is -2.77. The Kier molecular flexibility index (Phi) is 7.54. The Morgan fingerprint density at radius 1 is 1.30 bits per heavy atom. The van der Waals surface area contributed by atoms with Crippen molar-refractivity contribution in [1.29, 1.82) is 0 Å². The molecule has 1 aliphatic heterocycles. The predicted molar refractivity (Wildman–Crippen MR) is 118 cm³/mol. The first-order valence-corrected chi connectivity index (χ1v) is 10.8. The Balaban J connectivity index is 1.67. The third-order valence-corrected chi connectivity index (χ3v) is 5.02. The minimum atomic E-state index is 0.270. The molecule has 2 aromatic rings. The van der Waals surface area contributed by atoms with E-state index in [9.17, 15) is 0 Å². The zero-order valence-corrected chi connectivity index (χ0v) is 18.7. The van der Waals surface area contributed by atoms with Gasteiger partial charge in [0, 0.05) is 24.9 Å². The lowest BCUT2D eigenvalue weighted by Gasteiger charge is -2.25. The highest BCUT2D eigenvalue weighted by Gasteiger charge is 2.23. The van der Waals surface area contributed by atoms with Gasteiger partial charge in [0.2, 0.25) is 0 Å². The highest BCUT2D eigenvalue weighted by molar-refractivity contribution is 5.80. The molecule has 164 valence electrons. The molecule has 0 amide bonds. The van der Waals surface area contributed by atoms with E-state index in [1.165, 1.54) is 0 Å². The second-order valence-corrected chi connectivity index (χ2v) is 7.72. The fourth-order valence-electron chi connectivity index (χ4n) is 3.46. The van der Waals surface area contributed by atoms with Gasteiger partial charge < -0.3 is 20.1 Å². The summed E-state index contributed by atoms with van der Waals surface area (Å²) >= 11 is 0. The number of hydrogen-bond acceptors (Lipinski definition) is 5. The van der Waals surface area contributed by atoms with E-state index in [-0.39, 0.29) is 6.04 Å².